The van der Waals surface area contributed by atoms with Crippen LogP contribution in [-0.4, -0.2) is 32.5 Å². The minimum absolute atomic E-state index is 0. The van der Waals surface area contributed by atoms with Gasteiger partial charge in [0, 0.05) is 4.47 Å². The molecular formula is C24H32BBrN2O4. The van der Waals surface area contributed by atoms with Gasteiger partial charge in [0.25, 0.3) is 0 Å². The number of hydrogen-bond acceptors (Lipinski definition) is 4. The van der Waals surface area contributed by atoms with Crippen molar-refractivity contribution in [1.29, 1.82) is 0 Å². The second-order valence-corrected chi connectivity index (χ2v) is 8.41. The average Bonchev–Trinajstić information content (AvgIpc) is 2.95. The first kappa shape index (κ1) is 29.5. The highest BCUT2D eigenvalue weighted by atomic mass is 79.9. The zero-order chi connectivity index (χ0) is 22.5. The minimum atomic E-state index is -0.514. The Hall–Kier alpha value is -2.52. The summed E-state index contributed by atoms with van der Waals surface area (Å²) in [7, 11) is 2.65. The molecule has 0 aliphatic carbocycles. The standard InChI is InChI=1S/C14H18BNO3.C8H6BrNO.2CH4/c1-13(2)14(3,4)19-15(18-13)11-8-7-10(17-6)9-12(11)16-5;1-10-8-5-6(11-2)3-4-7(8)9;;/h7-9H,1-4,6H3;3-5H,2H3;2*1H4. The van der Waals surface area contributed by atoms with Gasteiger partial charge in [0.15, 0.2) is 5.69 Å². The molecule has 1 aliphatic heterocycles. The molecule has 0 N–H and O–H groups in total. The molecule has 0 spiro atoms. The van der Waals surface area contributed by atoms with Gasteiger partial charge in [0.2, 0.25) is 5.69 Å². The van der Waals surface area contributed by atoms with Crippen molar-refractivity contribution < 1.29 is 18.8 Å². The molecule has 2 aromatic carbocycles. The van der Waals surface area contributed by atoms with E-state index in [-0.39, 0.29) is 14.9 Å². The van der Waals surface area contributed by atoms with Crippen LogP contribution in [0.15, 0.2) is 40.9 Å². The maximum absolute atomic E-state index is 7.28. The largest absolute Gasteiger partial charge is 0.498 e. The number of ether oxygens (including phenoxy) is 2. The lowest BCUT2D eigenvalue weighted by molar-refractivity contribution is 0.00578. The van der Waals surface area contributed by atoms with Crippen LogP contribution in [-0.2, 0) is 9.31 Å². The Bertz CT molecular complexity index is 980. The number of hydrogen-bond donors (Lipinski definition) is 0. The molecule has 0 amide bonds. The summed E-state index contributed by atoms with van der Waals surface area (Å²) in [5, 5.41) is 0. The topological polar surface area (TPSA) is 45.6 Å². The molecule has 6 nitrogen and oxygen atoms in total. The molecule has 0 unspecified atom stereocenters. The van der Waals surface area contributed by atoms with Gasteiger partial charge in [-0.3, -0.25) is 0 Å². The van der Waals surface area contributed by atoms with Gasteiger partial charge >= 0.3 is 7.12 Å². The number of nitrogens with zero attached hydrogens (tertiary/aromatic N) is 2. The Balaban J connectivity index is 0.000000639. The lowest BCUT2D eigenvalue weighted by Crippen LogP contribution is -2.41. The van der Waals surface area contributed by atoms with Crippen molar-refractivity contribution in [3.63, 3.8) is 0 Å². The summed E-state index contributed by atoms with van der Waals surface area (Å²) >= 11 is 3.25. The third-order valence-corrected chi connectivity index (χ3v) is 5.81. The normalized spacial score (nSPS) is 15.0. The van der Waals surface area contributed by atoms with Gasteiger partial charge in [-0.25, -0.2) is 9.69 Å². The van der Waals surface area contributed by atoms with Gasteiger partial charge in [-0.2, -0.15) is 0 Å². The van der Waals surface area contributed by atoms with Crippen molar-refractivity contribution in [3.05, 3.63) is 63.7 Å². The minimum Gasteiger partial charge on any atom is -0.498 e. The van der Waals surface area contributed by atoms with Crippen LogP contribution in [0, 0.1) is 13.1 Å². The Morgan fingerprint density at radius 1 is 0.812 bits per heavy atom. The number of benzene rings is 2. The fourth-order valence-corrected chi connectivity index (χ4v) is 2.96. The molecule has 0 saturated carbocycles. The van der Waals surface area contributed by atoms with E-state index in [1.54, 1.807) is 38.5 Å². The first-order chi connectivity index (χ1) is 14.1. The Kier molecular flexibility index (Phi) is 11.0. The molecular weight excluding hydrogens is 471 g/mol. The van der Waals surface area contributed by atoms with E-state index in [0.29, 0.717) is 22.9 Å². The summed E-state index contributed by atoms with van der Waals surface area (Å²) in [4.78, 5) is 6.83. The number of halogens is 1. The number of methoxy groups -OCH3 is 2. The molecule has 0 aromatic heterocycles. The van der Waals surface area contributed by atoms with Crippen molar-refractivity contribution in [2.24, 2.45) is 0 Å². The summed E-state index contributed by atoms with van der Waals surface area (Å²) in [6.07, 6.45) is 0. The maximum Gasteiger partial charge on any atom is 0.483 e. The van der Waals surface area contributed by atoms with Crippen molar-refractivity contribution in [2.75, 3.05) is 14.2 Å². The number of rotatable bonds is 3. The van der Waals surface area contributed by atoms with Crippen LogP contribution >= 0.6 is 15.9 Å². The molecule has 172 valence electrons. The lowest BCUT2D eigenvalue weighted by Gasteiger charge is -2.32. The third kappa shape index (κ3) is 6.49. The zero-order valence-electron chi connectivity index (χ0n) is 17.9. The van der Waals surface area contributed by atoms with Gasteiger partial charge in [0.05, 0.1) is 38.6 Å². The average molecular weight is 503 g/mol. The summed E-state index contributed by atoms with van der Waals surface area (Å²) in [6, 6.07) is 10.6. The molecule has 1 heterocycles. The Morgan fingerprint density at radius 2 is 1.25 bits per heavy atom. The van der Waals surface area contributed by atoms with E-state index in [4.69, 9.17) is 31.9 Å². The smallest absolute Gasteiger partial charge is 0.483 e. The van der Waals surface area contributed by atoms with Crippen LogP contribution in [0.3, 0.4) is 0 Å². The molecule has 0 bridgehead atoms. The van der Waals surface area contributed by atoms with Crippen LogP contribution < -0.4 is 14.9 Å². The van der Waals surface area contributed by atoms with Crippen LogP contribution in [0.2, 0.25) is 0 Å². The van der Waals surface area contributed by atoms with Crippen molar-refractivity contribution in [3.8, 4) is 11.5 Å². The van der Waals surface area contributed by atoms with Crippen molar-refractivity contribution >= 4 is 39.9 Å². The van der Waals surface area contributed by atoms with Crippen LogP contribution in [0.25, 0.3) is 9.69 Å². The molecule has 1 aliphatic rings. The Labute approximate surface area is 201 Å². The molecule has 3 rings (SSSR count). The lowest BCUT2D eigenvalue weighted by atomic mass is 9.78. The highest BCUT2D eigenvalue weighted by Crippen LogP contribution is 2.37. The first-order valence-electron chi connectivity index (χ1n) is 9.20. The van der Waals surface area contributed by atoms with E-state index < -0.39 is 18.3 Å². The molecule has 1 fully saturated rings. The van der Waals surface area contributed by atoms with Gasteiger partial charge < -0.3 is 18.8 Å². The molecule has 0 atom stereocenters. The predicted molar refractivity (Wildman–Crippen MR) is 135 cm³/mol. The summed E-state index contributed by atoms with van der Waals surface area (Å²) < 4.78 is 22.8. The Morgan fingerprint density at radius 3 is 1.69 bits per heavy atom. The summed E-state index contributed by atoms with van der Waals surface area (Å²) in [5.74, 6) is 1.37. The van der Waals surface area contributed by atoms with E-state index in [9.17, 15) is 0 Å². The van der Waals surface area contributed by atoms with E-state index >= 15 is 0 Å². The second kappa shape index (κ2) is 11.9. The van der Waals surface area contributed by atoms with Gasteiger partial charge in [-0.1, -0.05) is 42.9 Å². The summed E-state index contributed by atoms with van der Waals surface area (Å²) in [6.45, 7) is 22.0. The third-order valence-electron chi connectivity index (χ3n) is 5.14. The van der Waals surface area contributed by atoms with Gasteiger partial charge in [0.1, 0.15) is 11.5 Å². The van der Waals surface area contributed by atoms with E-state index in [0.717, 1.165) is 9.94 Å². The van der Waals surface area contributed by atoms with Crippen molar-refractivity contribution in [1.82, 2.24) is 0 Å². The predicted octanol–water partition coefficient (Wildman–Crippen LogP) is 6.83. The van der Waals surface area contributed by atoms with Gasteiger partial charge in [-0.15, -0.1) is 0 Å². The molecule has 32 heavy (non-hydrogen) atoms. The maximum atomic E-state index is 7.28. The zero-order valence-corrected chi connectivity index (χ0v) is 19.5. The van der Waals surface area contributed by atoms with Gasteiger partial charge in [-0.05, 0) is 57.4 Å². The van der Waals surface area contributed by atoms with E-state index in [1.165, 1.54) is 0 Å². The SMILES string of the molecule is C.C.[C-]#[N+]c1cc(OC)ccc1B1OC(C)(C)C(C)(C)O1.[C-]#[N+]c1cc(OC)ccc1Br. The van der Waals surface area contributed by atoms with Crippen LogP contribution in [0.4, 0.5) is 11.4 Å². The fraction of sp³-hybridized carbons (Fsp3) is 0.417. The molecule has 2 aromatic rings. The van der Waals surface area contributed by atoms with E-state index in [1.807, 2.05) is 39.8 Å². The fourth-order valence-electron chi connectivity index (χ4n) is 2.62. The quantitative estimate of drug-likeness (QED) is 0.341. The molecule has 0 radical (unpaired) electrons. The molecule has 8 heteroatoms. The van der Waals surface area contributed by atoms with Crippen LogP contribution in [0.5, 0.6) is 11.5 Å². The second-order valence-electron chi connectivity index (χ2n) is 7.55. The van der Waals surface area contributed by atoms with E-state index in [2.05, 4.69) is 25.6 Å². The van der Waals surface area contributed by atoms with Crippen LogP contribution in [0.1, 0.15) is 42.5 Å². The highest BCUT2D eigenvalue weighted by molar-refractivity contribution is 9.10. The first-order valence-corrected chi connectivity index (χ1v) is 10.00. The summed E-state index contributed by atoms with van der Waals surface area (Å²) in [5.41, 5.74) is 1.00. The highest BCUT2D eigenvalue weighted by Gasteiger charge is 2.52. The monoisotopic (exact) mass is 502 g/mol. The molecule has 1 saturated heterocycles. The van der Waals surface area contributed by atoms with Crippen molar-refractivity contribution in [2.45, 2.75) is 53.8 Å².